The number of fused-ring (bicyclic) bond motifs is 1. The Balaban J connectivity index is 0.00000288. The molecular weight excluding hydrogens is 453 g/mol. The number of guanidine groups is 1. The average Bonchev–Trinajstić information content (AvgIpc) is 3.00. The van der Waals surface area contributed by atoms with E-state index in [0.717, 1.165) is 36.1 Å². The summed E-state index contributed by atoms with van der Waals surface area (Å²) in [5, 5.41) is 18.1. The Kier molecular flexibility index (Phi) is 10.7. The molecule has 0 aliphatic carbocycles. The van der Waals surface area contributed by atoms with E-state index in [1.54, 1.807) is 11.3 Å². The molecule has 1 atom stereocenters. The van der Waals surface area contributed by atoms with Gasteiger partial charge in [-0.3, -0.25) is 4.99 Å². The van der Waals surface area contributed by atoms with Gasteiger partial charge in [0.05, 0.1) is 6.54 Å². The second-order valence-electron chi connectivity index (χ2n) is 5.20. The van der Waals surface area contributed by atoms with Gasteiger partial charge >= 0.3 is 0 Å². The summed E-state index contributed by atoms with van der Waals surface area (Å²) < 4.78 is 1.20. The summed E-state index contributed by atoms with van der Waals surface area (Å²) in [6.07, 6.45) is 2.65. The molecule has 1 aromatic carbocycles. The molecule has 134 valence electrons. The summed E-state index contributed by atoms with van der Waals surface area (Å²) in [7, 11) is 0. The molecule has 0 radical (unpaired) electrons. The van der Waals surface area contributed by atoms with Crippen LogP contribution in [0.25, 0.3) is 10.1 Å². The molecule has 1 aromatic heterocycles. The summed E-state index contributed by atoms with van der Waals surface area (Å²) in [6, 6.07) is 10.2. The Morgan fingerprint density at radius 3 is 2.83 bits per heavy atom. The fourth-order valence-corrected chi connectivity index (χ4v) is 3.67. The van der Waals surface area contributed by atoms with Crippen LogP contribution in [-0.4, -0.2) is 42.7 Å². The van der Waals surface area contributed by atoms with E-state index in [1.807, 2.05) is 30.8 Å². The van der Waals surface area contributed by atoms with Crippen LogP contribution in [0.1, 0.15) is 24.3 Å². The molecule has 0 aliphatic rings. The van der Waals surface area contributed by atoms with Crippen molar-refractivity contribution in [3.05, 3.63) is 35.2 Å². The van der Waals surface area contributed by atoms with Crippen LogP contribution in [0, 0.1) is 0 Å². The fraction of sp³-hybridized carbons (Fsp3) is 0.471. The molecule has 0 saturated carbocycles. The number of aliphatic hydroxyl groups excluding tert-OH is 1. The number of aliphatic imine (C=N–C) groups is 1. The smallest absolute Gasteiger partial charge is 0.191 e. The van der Waals surface area contributed by atoms with Crippen molar-refractivity contribution in [2.75, 3.05) is 31.6 Å². The Labute approximate surface area is 169 Å². The van der Waals surface area contributed by atoms with Crippen LogP contribution in [0.5, 0.6) is 0 Å². The van der Waals surface area contributed by atoms with E-state index in [1.165, 1.54) is 10.1 Å². The highest BCUT2D eigenvalue weighted by Crippen LogP contribution is 2.29. The maximum absolute atomic E-state index is 10.4. The Bertz CT molecular complexity index is 600. The Morgan fingerprint density at radius 1 is 1.33 bits per heavy atom. The van der Waals surface area contributed by atoms with Gasteiger partial charge in [-0.2, -0.15) is 11.8 Å². The third-order valence-corrected chi connectivity index (χ3v) is 5.27. The maximum Gasteiger partial charge on any atom is 0.191 e. The highest BCUT2D eigenvalue weighted by atomic mass is 127. The Hall–Kier alpha value is -0.510. The Morgan fingerprint density at radius 2 is 2.12 bits per heavy atom. The molecule has 0 aliphatic heterocycles. The first-order valence-corrected chi connectivity index (χ1v) is 10.1. The van der Waals surface area contributed by atoms with Gasteiger partial charge in [0, 0.05) is 22.7 Å². The normalized spacial score (nSPS) is 12.7. The van der Waals surface area contributed by atoms with Gasteiger partial charge in [0.1, 0.15) is 6.10 Å². The highest BCUT2D eigenvalue weighted by Gasteiger charge is 2.11. The maximum atomic E-state index is 10.4. The number of hydrogen-bond donors (Lipinski definition) is 3. The number of halogens is 1. The zero-order valence-electron chi connectivity index (χ0n) is 14.1. The standard InChI is InChI=1S/C17H25N3OS2.HI/c1-3-18-17(19-9-6-10-22-2)20-12-14(21)16-11-13-7-4-5-8-15(13)23-16;/h4-5,7-8,11,14,21H,3,6,9-10,12H2,1-2H3,(H2,18,19,20);1H. The zero-order valence-corrected chi connectivity index (χ0v) is 18.1. The minimum Gasteiger partial charge on any atom is -0.386 e. The van der Waals surface area contributed by atoms with Gasteiger partial charge < -0.3 is 15.7 Å². The van der Waals surface area contributed by atoms with Crippen LogP contribution in [0.15, 0.2) is 35.3 Å². The molecule has 0 saturated heterocycles. The number of benzene rings is 1. The van der Waals surface area contributed by atoms with Crippen molar-refractivity contribution in [2.45, 2.75) is 19.4 Å². The van der Waals surface area contributed by atoms with Crippen LogP contribution in [-0.2, 0) is 0 Å². The zero-order chi connectivity index (χ0) is 16.5. The van der Waals surface area contributed by atoms with Crippen LogP contribution in [0.2, 0.25) is 0 Å². The topological polar surface area (TPSA) is 56.7 Å². The van der Waals surface area contributed by atoms with E-state index in [0.29, 0.717) is 6.54 Å². The number of thioether (sulfide) groups is 1. The monoisotopic (exact) mass is 479 g/mol. The van der Waals surface area contributed by atoms with E-state index in [-0.39, 0.29) is 24.0 Å². The molecule has 1 heterocycles. The van der Waals surface area contributed by atoms with Gasteiger partial charge in [-0.1, -0.05) is 18.2 Å². The van der Waals surface area contributed by atoms with E-state index in [4.69, 9.17) is 0 Å². The number of aliphatic hydroxyl groups is 1. The minimum absolute atomic E-state index is 0. The van der Waals surface area contributed by atoms with Gasteiger partial charge in [0.2, 0.25) is 0 Å². The summed E-state index contributed by atoms with van der Waals surface area (Å²) in [4.78, 5) is 5.47. The molecule has 0 bridgehead atoms. The molecule has 7 heteroatoms. The lowest BCUT2D eigenvalue weighted by atomic mass is 10.2. The van der Waals surface area contributed by atoms with E-state index in [9.17, 15) is 5.11 Å². The molecule has 1 unspecified atom stereocenters. The van der Waals surface area contributed by atoms with Crippen molar-refractivity contribution in [1.82, 2.24) is 10.6 Å². The van der Waals surface area contributed by atoms with E-state index >= 15 is 0 Å². The summed E-state index contributed by atoms with van der Waals surface area (Å²) in [5.41, 5.74) is 0. The lowest BCUT2D eigenvalue weighted by molar-refractivity contribution is 0.191. The first-order valence-electron chi connectivity index (χ1n) is 7.92. The van der Waals surface area contributed by atoms with Gasteiger partial charge in [0.25, 0.3) is 0 Å². The molecule has 0 spiro atoms. The molecule has 4 nitrogen and oxygen atoms in total. The second-order valence-corrected chi connectivity index (χ2v) is 7.30. The SMILES string of the molecule is CCNC(=NCC(O)c1cc2ccccc2s1)NCCCSC.I. The van der Waals surface area contributed by atoms with Crippen LogP contribution in [0.4, 0.5) is 0 Å². The second kappa shape index (κ2) is 11.9. The molecule has 0 fully saturated rings. The quantitative estimate of drug-likeness (QED) is 0.233. The van der Waals surface area contributed by atoms with Gasteiger partial charge in [0.15, 0.2) is 5.96 Å². The lowest BCUT2D eigenvalue weighted by Gasteiger charge is -2.12. The molecule has 3 N–H and O–H groups in total. The van der Waals surface area contributed by atoms with Crippen LogP contribution in [0.3, 0.4) is 0 Å². The van der Waals surface area contributed by atoms with E-state index in [2.05, 4.69) is 40.1 Å². The number of hydrogen-bond acceptors (Lipinski definition) is 4. The molecule has 24 heavy (non-hydrogen) atoms. The van der Waals surface area contributed by atoms with Crippen molar-refractivity contribution >= 4 is 63.1 Å². The van der Waals surface area contributed by atoms with Gasteiger partial charge in [-0.15, -0.1) is 35.3 Å². The predicted octanol–water partition coefficient (Wildman–Crippen LogP) is 3.86. The fourth-order valence-electron chi connectivity index (χ4n) is 2.20. The predicted molar refractivity (Wildman–Crippen MR) is 119 cm³/mol. The minimum atomic E-state index is -0.561. The lowest BCUT2D eigenvalue weighted by Crippen LogP contribution is -2.38. The third kappa shape index (κ3) is 6.78. The molecule has 2 rings (SSSR count). The van der Waals surface area contributed by atoms with E-state index < -0.39 is 6.10 Å². The van der Waals surface area contributed by atoms with Crippen molar-refractivity contribution in [3.8, 4) is 0 Å². The number of nitrogens with one attached hydrogen (secondary N) is 2. The summed E-state index contributed by atoms with van der Waals surface area (Å²) in [5.74, 6) is 1.91. The number of nitrogens with zero attached hydrogens (tertiary/aromatic N) is 1. The molecule has 2 aromatic rings. The largest absolute Gasteiger partial charge is 0.386 e. The van der Waals surface area contributed by atoms with Crippen LogP contribution < -0.4 is 10.6 Å². The number of thiophene rings is 1. The van der Waals surface area contributed by atoms with Gasteiger partial charge in [-0.05, 0) is 42.9 Å². The first-order chi connectivity index (χ1) is 11.2. The van der Waals surface area contributed by atoms with Crippen molar-refractivity contribution in [3.63, 3.8) is 0 Å². The van der Waals surface area contributed by atoms with Crippen molar-refractivity contribution in [1.29, 1.82) is 0 Å². The summed E-state index contributed by atoms with van der Waals surface area (Å²) in [6.45, 7) is 4.12. The first kappa shape index (κ1) is 21.5. The van der Waals surface area contributed by atoms with Crippen LogP contribution >= 0.6 is 47.1 Å². The molecule has 0 amide bonds. The average molecular weight is 479 g/mol. The highest BCUT2D eigenvalue weighted by molar-refractivity contribution is 14.0. The van der Waals surface area contributed by atoms with Crippen molar-refractivity contribution < 1.29 is 5.11 Å². The summed E-state index contributed by atoms with van der Waals surface area (Å²) >= 11 is 3.48. The van der Waals surface area contributed by atoms with Gasteiger partial charge in [-0.25, -0.2) is 0 Å². The third-order valence-electron chi connectivity index (χ3n) is 3.36. The number of rotatable bonds is 8. The molecular formula is C17H26IN3OS2. The van der Waals surface area contributed by atoms with Crippen molar-refractivity contribution in [2.24, 2.45) is 4.99 Å².